The summed E-state index contributed by atoms with van der Waals surface area (Å²) in [6.45, 7) is 5.01. The van der Waals surface area contributed by atoms with Crippen molar-refractivity contribution in [2.45, 2.75) is 20.3 Å². The molecule has 4 nitrogen and oxygen atoms in total. The van der Waals surface area contributed by atoms with Crippen LogP contribution in [0, 0.1) is 13.8 Å². The SMILES string of the molecule is Cc1cccc(C)c1OCCCN1C(=O)C(=O)c2ccccc21. The largest absolute Gasteiger partial charge is 0.493 e. The smallest absolute Gasteiger partial charge is 0.299 e. The third-order valence-corrected chi connectivity index (χ3v) is 4.06. The number of nitrogens with zero attached hydrogens (tertiary/aromatic N) is 1. The lowest BCUT2D eigenvalue weighted by atomic mass is 10.1. The van der Waals surface area contributed by atoms with Crippen molar-refractivity contribution >= 4 is 17.4 Å². The predicted molar refractivity (Wildman–Crippen MR) is 89.2 cm³/mol. The van der Waals surface area contributed by atoms with Crippen LogP contribution in [0.1, 0.15) is 27.9 Å². The second kappa shape index (κ2) is 6.24. The van der Waals surface area contributed by atoms with Gasteiger partial charge >= 0.3 is 0 Å². The monoisotopic (exact) mass is 309 g/mol. The lowest BCUT2D eigenvalue weighted by molar-refractivity contribution is -0.114. The first-order valence-electron chi connectivity index (χ1n) is 7.74. The summed E-state index contributed by atoms with van der Waals surface area (Å²) in [5, 5.41) is 0. The molecule has 0 bridgehead atoms. The van der Waals surface area contributed by atoms with Crippen LogP contribution in [0.2, 0.25) is 0 Å². The molecule has 0 atom stereocenters. The highest BCUT2D eigenvalue weighted by Crippen LogP contribution is 2.28. The number of para-hydroxylation sites is 2. The van der Waals surface area contributed by atoms with E-state index in [2.05, 4.69) is 0 Å². The van der Waals surface area contributed by atoms with Crippen LogP contribution in [0.25, 0.3) is 0 Å². The number of carbonyl (C=O) groups is 2. The number of Topliss-reactive ketones (excluding diaryl/α,β-unsaturated/α-hetero) is 1. The maximum Gasteiger partial charge on any atom is 0.299 e. The molecule has 23 heavy (non-hydrogen) atoms. The number of anilines is 1. The highest BCUT2D eigenvalue weighted by atomic mass is 16.5. The quantitative estimate of drug-likeness (QED) is 0.629. The zero-order chi connectivity index (χ0) is 16.4. The number of rotatable bonds is 5. The number of carbonyl (C=O) groups excluding carboxylic acids is 2. The topological polar surface area (TPSA) is 46.6 Å². The van der Waals surface area contributed by atoms with Crippen LogP contribution in [0.4, 0.5) is 5.69 Å². The van der Waals surface area contributed by atoms with Crippen LogP contribution in [0.5, 0.6) is 5.75 Å². The summed E-state index contributed by atoms with van der Waals surface area (Å²) in [6, 6.07) is 13.2. The van der Waals surface area contributed by atoms with Crippen molar-refractivity contribution in [3.05, 3.63) is 59.2 Å². The Labute approximate surface area is 135 Å². The van der Waals surface area contributed by atoms with Crippen LogP contribution < -0.4 is 9.64 Å². The Morgan fingerprint density at radius 3 is 2.39 bits per heavy atom. The van der Waals surface area contributed by atoms with Gasteiger partial charge in [-0.1, -0.05) is 30.3 Å². The van der Waals surface area contributed by atoms with E-state index >= 15 is 0 Å². The second-order valence-corrected chi connectivity index (χ2v) is 5.73. The number of ketones is 1. The van der Waals surface area contributed by atoms with Crippen LogP contribution >= 0.6 is 0 Å². The number of benzene rings is 2. The Kier molecular flexibility index (Phi) is 4.15. The Morgan fingerprint density at radius 1 is 0.957 bits per heavy atom. The molecule has 0 unspecified atom stereocenters. The van der Waals surface area contributed by atoms with E-state index in [0.717, 1.165) is 16.9 Å². The van der Waals surface area contributed by atoms with Crippen molar-refractivity contribution in [1.82, 2.24) is 0 Å². The summed E-state index contributed by atoms with van der Waals surface area (Å²) in [6.07, 6.45) is 0.668. The molecule has 0 radical (unpaired) electrons. The van der Waals surface area contributed by atoms with E-state index in [-0.39, 0.29) is 0 Å². The summed E-state index contributed by atoms with van der Waals surface area (Å²) >= 11 is 0. The van der Waals surface area contributed by atoms with Crippen LogP contribution in [-0.2, 0) is 4.79 Å². The lowest BCUT2D eigenvalue weighted by Crippen LogP contribution is -2.31. The summed E-state index contributed by atoms with van der Waals surface area (Å²) < 4.78 is 5.85. The highest BCUT2D eigenvalue weighted by molar-refractivity contribution is 6.52. The van der Waals surface area contributed by atoms with Gasteiger partial charge in [0.15, 0.2) is 0 Å². The van der Waals surface area contributed by atoms with Gasteiger partial charge in [0.1, 0.15) is 5.75 Å². The van der Waals surface area contributed by atoms with Crippen molar-refractivity contribution in [3.8, 4) is 5.75 Å². The van der Waals surface area contributed by atoms with Gasteiger partial charge in [-0.05, 0) is 43.5 Å². The summed E-state index contributed by atoms with van der Waals surface area (Å²) in [4.78, 5) is 25.5. The molecule has 2 aromatic rings. The number of amides is 1. The Morgan fingerprint density at radius 2 is 1.65 bits per heavy atom. The molecule has 0 aromatic heterocycles. The van der Waals surface area contributed by atoms with Gasteiger partial charge in [-0.25, -0.2) is 0 Å². The fourth-order valence-corrected chi connectivity index (χ4v) is 2.89. The summed E-state index contributed by atoms with van der Waals surface area (Å²) in [5.41, 5.74) is 3.40. The fraction of sp³-hybridized carbons (Fsp3) is 0.263. The van der Waals surface area contributed by atoms with Crippen LogP contribution in [0.15, 0.2) is 42.5 Å². The summed E-state index contributed by atoms with van der Waals surface area (Å²) in [7, 11) is 0. The van der Waals surface area contributed by atoms with Crippen molar-refractivity contribution in [1.29, 1.82) is 0 Å². The van der Waals surface area contributed by atoms with Gasteiger partial charge in [-0.3, -0.25) is 9.59 Å². The van der Waals surface area contributed by atoms with E-state index in [9.17, 15) is 9.59 Å². The number of fused-ring (bicyclic) bond motifs is 1. The Bertz CT molecular complexity index is 747. The van der Waals surface area contributed by atoms with Crippen molar-refractivity contribution < 1.29 is 14.3 Å². The van der Waals surface area contributed by atoms with Crippen LogP contribution in [-0.4, -0.2) is 24.8 Å². The van der Waals surface area contributed by atoms with Gasteiger partial charge < -0.3 is 9.64 Å². The van der Waals surface area contributed by atoms with Gasteiger partial charge in [0.05, 0.1) is 17.9 Å². The molecule has 118 valence electrons. The number of ether oxygens (including phenoxy) is 1. The van der Waals surface area contributed by atoms with E-state index in [1.165, 1.54) is 0 Å². The van der Waals surface area contributed by atoms with Gasteiger partial charge in [-0.2, -0.15) is 0 Å². The van der Waals surface area contributed by atoms with E-state index in [4.69, 9.17) is 4.74 Å². The van der Waals surface area contributed by atoms with Crippen molar-refractivity contribution in [3.63, 3.8) is 0 Å². The molecule has 3 rings (SSSR count). The van der Waals surface area contributed by atoms with E-state index in [1.807, 2.05) is 44.2 Å². The molecule has 1 aliphatic rings. The molecule has 0 saturated heterocycles. The fourth-order valence-electron chi connectivity index (χ4n) is 2.89. The lowest BCUT2D eigenvalue weighted by Gasteiger charge is -2.17. The first-order valence-corrected chi connectivity index (χ1v) is 7.74. The molecule has 4 heteroatoms. The van der Waals surface area contributed by atoms with Gasteiger partial charge in [0.2, 0.25) is 0 Å². The minimum absolute atomic E-state index is 0.420. The zero-order valence-corrected chi connectivity index (χ0v) is 13.3. The third kappa shape index (κ3) is 2.84. The number of hydrogen-bond donors (Lipinski definition) is 0. The second-order valence-electron chi connectivity index (χ2n) is 5.73. The summed E-state index contributed by atoms with van der Waals surface area (Å²) in [5.74, 6) is 0.0336. The first-order chi connectivity index (χ1) is 11.1. The van der Waals surface area contributed by atoms with E-state index in [0.29, 0.717) is 30.8 Å². The third-order valence-electron chi connectivity index (χ3n) is 4.06. The molecule has 0 saturated carbocycles. The zero-order valence-electron chi connectivity index (χ0n) is 13.3. The van der Waals surface area contributed by atoms with Gasteiger partial charge in [-0.15, -0.1) is 0 Å². The molecule has 2 aromatic carbocycles. The minimum Gasteiger partial charge on any atom is -0.493 e. The molecule has 0 spiro atoms. The first kappa shape index (κ1) is 15.3. The minimum atomic E-state index is -0.446. The molecule has 1 aliphatic heterocycles. The molecular weight excluding hydrogens is 290 g/mol. The molecule has 0 aliphatic carbocycles. The van der Waals surface area contributed by atoms with E-state index < -0.39 is 11.7 Å². The normalized spacial score (nSPS) is 13.4. The average molecular weight is 309 g/mol. The van der Waals surface area contributed by atoms with E-state index in [1.54, 1.807) is 17.0 Å². The Hall–Kier alpha value is -2.62. The Balaban J connectivity index is 1.62. The van der Waals surface area contributed by atoms with Crippen molar-refractivity contribution in [2.75, 3.05) is 18.1 Å². The molecular formula is C19H19NO3. The standard InChI is InChI=1S/C19H19NO3/c1-13-7-5-8-14(2)18(13)23-12-6-11-20-16-10-4-3-9-15(16)17(21)19(20)22/h3-5,7-10H,6,11-12H2,1-2H3. The number of hydrogen-bond acceptors (Lipinski definition) is 3. The molecule has 1 amide bonds. The highest BCUT2D eigenvalue weighted by Gasteiger charge is 2.34. The molecule has 0 fully saturated rings. The maximum atomic E-state index is 12.1. The molecule has 1 heterocycles. The maximum absolute atomic E-state index is 12.1. The van der Waals surface area contributed by atoms with Gasteiger partial charge in [0.25, 0.3) is 11.7 Å². The van der Waals surface area contributed by atoms with Crippen molar-refractivity contribution in [2.24, 2.45) is 0 Å². The number of aryl methyl sites for hydroxylation is 2. The van der Waals surface area contributed by atoms with Crippen LogP contribution in [0.3, 0.4) is 0 Å². The average Bonchev–Trinajstić information content (AvgIpc) is 2.79. The van der Waals surface area contributed by atoms with Gasteiger partial charge in [0, 0.05) is 6.54 Å². The predicted octanol–water partition coefficient (Wildman–Crippen LogP) is 3.30. The molecule has 0 N–H and O–H groups in total.